The van der Waals surface area contributed by atoms with Gasteiger partial charge in [0.05, 0.1) is 10.6 Å². The molecule has 0 spiro atoms. The molecule has 1 aromatic rings. The molecule has 1 aliphatic rings. The normalized spacial score (nSPS) is 24.8. The van der Waals surface area contributed by atoms with E-state index in [4.69, 9.17) is 5.73 Å². The second kappa shape index (κ2) is 3.61. The van der Waals surface area contributed by atoms with Gasteiger partial charge in [-0.15, -0.1) is 0 Å². The molecule has 82 valence electrons. The first-order valence-corrected chi connectivity index (χ1v) is 6.73. The zero-order valence-corrected chi connectivity index (χ0v) is 9.50. The van der Waals surface area contributed by atoms with Gasteiger partial charge in [-0.1, -0.05) is 18.2 Å². The van der Waals surface area contributed by atoms with Crippen molar-refractivity contribution in [2.75, 3.05) is 5.75 Å². The molecule has 1 aromatic carbocycles. The number of rotatable bonds is 2. The molecule has 2 N–H and O–H groups in total. The van der Waals surface area contributed by atoms with Gasteiger partial charge in [0.2, 0.25) is 0 Å². The predicted octanol–water partition coefficient (Wildman–Crippen LogP) is 1.29. The van der Waals surface area contributed by atoms with Crippen molar-refractivity contribution in [2.24, 2.45) is 5.73 Å². The van der Waals surface area contributed by atoms with Crippen molar-refractivity contribution in [3.8, 4) is 0 Å². The van der Waals surface area contributed by atoms with Gasteiger partial charge < -0.3 is 5.73 Å². The summed E-state index contributed by atoms with van der Waals surface area (Å²) in [5.74, 6) is 0.291. The Balaban J connectivity index is 2.43. The van der Waals surface area contributed by atoms with Gasteiger partial charge in [0, 0.05) is 12.0 Å². The quantitative estimate of drug-likeness (QED) is 0.825. The average Bonchev–Trinajstić information content (AvgIpc) is 2.39. The molecule has 0 amide bonds. The Bertz CT molecular complexity index is 465. The van der Waals surface area contributed by atoms with E-state index < -0.39 is 9.84 Å². The smallest absolute Gasteiger partial charge is 0.179 e. The average molecular weight is 225 g/mol. The third-order valence-electron chi connectivity index (χ3n) is 2.77. The molecule has 2 atom stereocenters. The highest BCUT2D eigenvalue weighted by atomic mass is 32.2. The summed E-state index contributed by atoms with van der Waals surface area (Å²) in [5.41, 5.74) is 6.66. The highest BCUT2D eigenvalue weighted by molar-refractivity contribution is 7.91. The van der Waals surface area contributed by atoms with Gasteiger partial charge in [-0.2, -0.15) is 0 Å². The van der Waals surface area contributed by atoms with E-state index in [0.29, 0.717) is 4.90 Å². The lowest BCUT2D eigenvalue weighted by atomic mass is 9.95. The van der Waals surface area contributed by atoms with Crippen molar-refractivity contribution < 1.29 is 8.42 Å². The SMILES string of the molecule is CC(N)CC1CS(=O)(=O)c2ccccc21. The lowest BCUT2D eigenvalue weighted by Crippen LogP contribution is -2.19. The molecule has 0 aliphatic carbocycles. The van der Waals surface area contributed by atoms with Gasteiger partial charge in [0.15, 0.2) is 9.84 Å². The second-order valence-electron chi connectivity index (χ2n) is 4.23. The van der Waals surface area contributed by atoms with E-state index in [9.17, 15) is 8.42 Å². The molecule has 4 heteroatoms. The van der Waals surface area contributed by atoms with Crippen molar-refractivity contribution in [1.29, 1.82) is 0 Å². The first-order valence-electron chi connectivity index (χ1n) is 5.08. The lowest BCUT2D eigenvalue weighted by Gasteiger charge is -2.12. The first-order chi connectivity index (χ1) is 7.00. The topological polar surface area (TPSA) is 60.2 Å². The Morgan fingerprint density at radius 2 is 2.13 bits per heavy atom. The van der Waals surface area contributed by atoms with Crippen LogP contribution in [0.1, 0.15) is 24.8 Å². The van der Waals surface area contributed by atoms with Crippen LogP contribution in [0.3, 0.4) is 0 Å². The maximum absolute atomic E-state index is 11.8. The van der Waals surface area contributed by atoms with E-state index >= 15 is 0 Å². The van der Waals surface area contributed by atoms with E-state index in [0.717, 1.165) is 12.0 Å². The fraction of sp³-hybridized carbons (Fsp3) is 0.455. The minimum atomic E-state index is -3.06. The van der Waals surface area contributed by atoms with E-state index in [-0.39, 0.29) is 17.7 Å². The van der Waals surface area contributed by atoms with Crippen LogP contribution in [0, 0.1) is 0 Å². The number of hydrogen-bond donors (Lipinski definition) is 1. The molecule has 15 heavy (non-hydrogen) atoms. The van der Waals surface area contributed by atoms with Gasteiger partial charge >= 0.3 is 0 Å². The van der Waals surface area contributed by atoms with E-state index in [1.165, 1.54) is 0 Å². The number of sulfone groups is 1. The highest BCUT2D eigenvalue weighted by Gasteiger charge is 2.34. The molecule has 0 radical (unpaired) electrons. The number of fused-ring (bicyclic) bond motifs is 1. The summed E-state index contributed by atoms with van der Waals surface area (Å²) in [7, 11) is -3.06. The molecule has 0 fully saturated rings. The highest BCUT2D eigenvalue weighted by Crippen LogP contribution is 2.36. The summed E-state index contributed by atoms with van der Waals surface area (Å²) < 4.78 is 23.6. The summed E-state index contributed by atoms with van der Waals surface area (Å²) in [6.45, 7) is 1.91. The van der Waals surface area contributed by atoms with Crippen LogP contribution in [-0.4, -0.2) is 20.2 Å². The van der Waals surface area contributed by atoms with Gasteiger partial charge in [-0.3, -0.25) is 0 Å². The number of benzene rings is 1. The largest absolute Gasteiger partial charge is 0.328 e. The summed E-state index contributed by atoms with van der Waals surface area (Å²) in [4.78, 5) is 0.496. The Hall–Kier alpha value is -0.870. The summed E-state index contributed by atoms with van der Waals surface area (Å²) in [6.07, 6.45) is 0.732. The molecular weight excluding hydrogens is 210 g/mol. The van der Waals surface area contributed by atoms with Gasteiger partial charge in [0.25, 0.3) is 0 Å². The third-order valence-corrected chi connectivity index (χ3v) is 4.65. The standard InChI is InChI=1S/C11H15NO2S/c1-8(12)6-9-7-15(13,14)11-5-3-2-4-10(9)11/h2-5,8-9H,6-7,12H2,1H3. The Morgan fingerprint density at radius 1 is 1.47 bits per heavy atom. The maximum Gasteiger partial charge on any atom is 0.179 e. The summed E-state index contributed by atoms with van der Waals surface area (Å²) >= 11 is 0. The van der Waals surface area contributed by atoms with Crippen LogP contribution >= 0.6 is 0 Å². The molecule has 3 nitrogen and oxygen atoms in total. The minimum absolute atomic E-state index is 0.0383. The van der Waals surface area contributed by atoms with Gasteiger partial charge in [-0.05, 0) is 25.0 Å². The summed E-state index contributed by atoms with van der Waals surface area (Å²) in [5, 5.41) is 0. The van der Waals surface area contributed by atoms with Crippen LogP contribution in [0.25, 0.3) is 0 Å². The molecule has 1 heterocycles. The second-order valence-corrected chi connectivity index (χ2v) is 6.23. The minimum Gasteiger partial charge on any atom is -0.328 e. The van der Waals surface area contributed by atoms with Crippen LogP contribution in [0.5, 0.6) is 0 Å². The van der Waals surface area contributed by atoms with Gasteiger partial charge in [-0.25, -0.2) is 8.42 Å². The molecule has 0 saturated carbocycles. The van der Waals surface area contributed by atoms with Crippen molar-refractivity contribution in [1.82, 2.24) is 0 Å². The van der Waals surface area contributed by atoms with Crippen LogP contribution in [0.15, 0.2) is 29.2 Å². The fourth-order valence-corrected chi connectivity index (χ4v) is 4.09. The molecule has 0 saturated heterocycles. The van der Waals surface area contributed by atoms with E-state index in [1.54, 1.807) is 12.1 Å². The van der Waals surface area contributed by atoms with Crippen LogP contribution in [0.2, 0.25) is 0 Å². The third kappa shape index (κ3) is 1.92. The van der Waals surface area contributed by atoms with E-state index in [1.807, 2.05) is 19.1 Å². The zero-order valence-electron chi connectivity index (χ0n) is 8.68. The van der Waals surface area contributed by atoms with Crippen LogP contribution in [-0.2, 0) is 9.84 Å². The van der Waals surface area contributed by atoms with Crippen LogP contribution < -0.4 is 5.73 Å². The van der Waals surface area contributed by atoms with Gasteiger partial charge in [0.1, 0.15) is 0 Å². The Kier molecular flexibility index (Phi) is 2.56. The summed E-state index contributed by atoms with van der Waals surface area (Å²) in [6, 6.07) is 7.27. The molecular formula is C11H15NO2S. The fourth-order valence-electron chi connectivity index (χ4n) is 2.19. The number of nitrogens with two attached hydrogens (primary N) is 1. The first kappa shape index (κ1) is 10.6. The Morgan fingerprint density at radius 3 is 2.80 bits per heavy atom. The van der Waals surface area contributed by atoms with Crippen molar-refractivity contribution in [3.63, 3.8) is 0 Å². The molecule has 2 unspecified atom stereocenters. The van der Waals surface area contributed by atoms with Crippen molar-refractivity contribution >= 4 is 9.84 Å². The predicted molar refractivity (Wildman–Crippen MR) is 59.5 cm³/mol. The molecule has 0 bridgehead atoms. The Labute approximate surface area is 90.2 Å². The van der Waals surface area contributed by atoms with E-state index in [2.05, 4.69) is 0 Å². The molecule has 1 aliphatic heterocycles. The molecule has 2 rings (SSSR count). The maximum atomic E-state index is 11.8. The zero-order chi connectivity index (χ0) is 11.1. The van der Waals surface area contributed by atoms with Crippen molar-refractivity contribution in [3.05, 3.63) is 29.8 Å². The number of hydrogen-bond acceptors (Lipinski definition) is 3. The monoisotopic (exact) mass is 225 g/mol. The van der Waals surface area contributed by atoms with Crippen molar-refractivity contribution in [2.45, 2.75) is 30.2 Å². The lowest BCUT2D eigenvalue weighted by molar-refractivity contribution is 0.575. The molecule has 0 aromatic heterocycles. The van der Waals surface area contributed by atoms with Crippen LogP contribution in [0.4, 0.5) is 0 Å².